The van der Waals surface area contributed by atoms with Crippen molar-refractivity contribution in [2.24, 2.45) is 5.73 Å². The summed E-state index contributed by atoms with van der Waals surface area (Å²) in [6.45, 7) is 4.96. The van der Waals surface area contributed by atoms with Gasteiger partial charge in [-0.05, 0) is 6.07 Å². The van der Waals surface area contributed by atoms with Crippen LogP contribution in [0.5, 0.6) is 0 Å². The summed E-state index contributed by atoms with van der Waals surface area (Å²) in [5.74, 6) is 0. The average molecular weight is 357 g/mol. The molecule has 0 aliphatic heterocycles. The van der Waals surface area contributed by atoms with E-state index in [0.717, 1.165) is 0 Å². The smallest absolute Gasteiger partial charge is 0.292 e. The molecule has 0 aliphatic rings. The Bertz CT molecular complexity index is 475. The maximum atomic E-state index is 10.9. The third-order valence-corrected chi connectivity index (χ3v) is 3.04. The Kier molecular flexibility index (Phi) is 12.4. The van der Waals surface area contributed by atoms with Crippen LogP contribution in [0.4, 0.5) is 11.4 Å². The molecular weight excluding hydrogens is 330 g/mol. The highest BCUT2D eigenvalue weighted by Crippen LogP contribution is 2.22. The molecule has 9 heteroatoms. The van der Waals surface area contributed by atoms with Crippen LogP contribution in [0.2, 0.25) is 0 Å². The maximum absolute atomic E-state index is 10.9. The van der Waals surface area contributed by atoms with Gasteiger partial charge in [0, 0.05) is 19.2 Å². The minimum Gasteiger partial charge on any atom is -0.378 e. The number of rotatable bonds is 16. The summed E-state index contributed by atoms with van der Waals surface area (Å²) >= 11 is 0. The first-order valence-corrected chi connectivity index (χ1v) is 8.24. The second-order valence-corrected chi connectivity index (χ2v) is 4.94. The van der Waals surface area contributed by atoms with E-state index in [1.54, 1.807) is 18.2 Å². The Morgan fingerprint density at radius 2 is 1.40 bits per heavy atom. The molecule has 0 heterocycles. The van der Waals surface area contributed by atoms with Crippen molar-refractivity contribution in [2.45, 2.75) is 0 Å². The van der Waals surface area contributed by atoms with Crippen molar-refractivity contribution < 1.29 is 23.9 Å². The largest absolute Gasteiger partial charge is 0.378 e. The lowest BCUT2D eigenvalue weighted by atomic mass is 10.2. The number of nitro groups is 1. The van der Waals surface area contributed by atoms with Gasteiger partial charge in [0.1, 0.15) is 5.69 Å². The van der Waals surface area contributed by atoms with Crippen LogP contribution in [0.1, 0.15) is 0 Å². The zero-order valence-corrected chi connectivity index (χ0v) is 14.4. The third-order valence-electron chi connectivity index (χ3n) is 3.04. The van der Waals surface area contributed by atoms with Crippen LogP contribution in [0.15, 0.2) is 24.3 Å². The summed E-state index contributed by atoms with van der Waals surface area (Å²) in [6, 6.07) is 6.51. The predicted octanol–water partition coefficient (Wildman–Crippen LogP) is 1.03. The molecule has 0 radical (unpaired) electrons. The lowest BCUT2D eigenvalue weighted by molar-refractivity contribution is -0.384. The molecule has 9 nitrogen and oxygen atoms in total. The fraction of sp³-hybridized carbons (Fsp3) is 0.625. The van der Waals surface area contributed by atoms with Crippen LogP contribution >= 0.6 is 0 Å². The van der Waals surface area contributed by atoms with Crippen molar-refractivity contribution in [1.29, 1.82) is 0 Å². The summed E-state index contributed by atoms with van der Waals surface area (Å²) in [5.41, 5.74) is 5.83. The van der Waals surface area contributed by atoms with E-state index in [0.29, 0.717) is 71.6 Å². The van der Waals surface area contributed by atoms with Gasteiger partial charge >= 0.3 is 0 Å². The topological polar surface area (TPSA) is 118 Å². The molecular formula is C16H27N3O6. The molecule has 0 amide bonds. The van der Waals surface area contributed by atoms with Gasteiger partial charge in [0.05, 0.1) is 57.8 Å². The zero-order valence-electron chi connectivity index (χ0n) is 14.4. The lowest BCUT2D eigenvalue weighted by Crippen LogP contribution is -2.15. The molecule has 0 aromatic heterocycles. The van der Waals surface area contributed by atoms with Gasteiger partial charge in [-0.1, -0.05) is 12.1 Å². The fourth-order valence-electron chi connectivity index (χ4n) is 1.89. The van der Waals surface area contributed by atoms with Gasteiger partial charge < -0.3 is 30.0 Å². The highest BCUT2D eigenvalue weighted by molar-refractivity contribution is 5.60. The molecule has 0 atom stereocenters. The highest BCUT2D eigenvalue weighted by Gasteiger charge is 2.10. The van der Waals surface area contributed by atoms with Crippen LogP contribution in [0.3, 0.4) is 0 Å². The van der Waals surface area contributed by atoms with E-state index in [9.17, 15) is 10.1 Å². The molecule has 0 aliphatic carbocycles. The molecule has 1 aromatic carbocycles. The van der Waals surface area contributed by atoms with Gasteiger partial charge in [-0.15, -0.1) is 0 Å². The number of hydrogen-bond donors (Lipinski definition) is 2. The van der Waals surface area contributed by atoms with E-state index in [2.05, 4.69) is 5.32 Å². The van der Waals surface area contributed by atoms with Gasteiger partial charge in [0.15, 0.2) is 0 Å². The molecule has 0 bridgehead atoms. The number of nitrogens with zero attached hydrogens (tertiary/aromatic N) is 1. The molecule has 1 rings (SSSR count). The predicted molar refractivity (Wildman–Crippen MR) is 93.9 cm³/mol. The quantitative estimate of drug-likeness (QED) is 0.256. The Morgan fingerprint density at radius 1 is 0.880 bits per heavy atom. The highest BCUT2D eigenvalue weighted by atomic mass is 16.6. The Labute approximate surface area is 147 Å². The number of para-hydroxylation sites is 2. The molecule has 0 fully saturated rings. The van der Waals surface area contributed by atoms with E-state index in [1.165, 1.54) is 6.07 Å². The van der Waals surface area contributed by atoms with Gasteiger partial charge in [-0.25, -0.2) is 0 Å². The van der Waals surface area contributed by atoms with E-state index in [4.69, 9.17) is 24.7 Å². The monoisotopic (exact) mass is 357 g/mol. The normalized spacial score (nSPS) is 10.8. The fourth-order valence-corrected chi connectivity index (χ4v) is 1.89. The van der Waals surface area contributed by atoms with Crippen LogP contribution in [-0.2, 0) is 18.9 Å². The van der Waals surface area contributed by atoms with Gasteiger partial charge in [0.25, 0.3) is 5.69 Å². The first-order valence-electron chi connectivity index (χ1n) is 8.24. The molecule has 1 aromatic rings. The SMILES string of the molecule is NCCOCCOCCOCCOCCNc1ccccc1[N+](=O)[O-]. The molecule has 0 spiro atoms. The van der Waals surface area contributed by atoms with Crippen molar-refractivity contribution in [3.8, 4) is 0 Å². The number of ether oxygens (including phenoxy) is 4. The standard InChI is InChI=1S/C16H27N3O6/c17-5-7-22-9-11-24-13-14-25-12-10-23-8-6-18-15-3-1-2-4-16(15)19(20)21/h1-4,18H,5-14,17H2. The summed E-state index contributed by atoms with van der Waals surface area (Å²) in [7, 11) is 0. The third kappa shape index (κ3) is 10.6. The number of nitrogens with one attached hydrogen (secondary N) is 1. The van der Waals surface area contributed by atoms with Crippen LogP contribution in [-0.4, -0.2) is 70.9 Å². The number of nitro benzene ring substituents is 1. The molecule has 0 saturated heterocycles. The Balaban J connectivity index is 1.90. The maximum Gasteiger partial charge on any atom is 0.292 e. The molecule has 142 valence electrons. The Morgan fingerprint density at radius 3 is 1.96 bits per heavy atom. The zero-order chi connectivity index (χ0) is 18.2. The molecule has 0 saturated carbocycles. The number of anilines is 1. The van der Waals surface area contributed by atoms with E-state index in [1.807, 2.05) is 0 Å². The van der Waals surface area contributed by atoms with Gasteiger partial charge in [-0.3, -0.25) is 10.1 Å². The minimum absolute atomic E-state index is 0.0549. The van der Waals surface area contributed by atoms with Crippen LogP contribution in [0.25, 0.3) is 0 Å². The van der Waals surface area contributed by atoms with E-state index in [-0.39, 0.29) is 5.69 Å². The van der Waals surface area contributed by atoms with Crippen LogP contribution < -0.4 is 11.1 Å². The number of benzene rings is 1. The van der Waals surface area contributed by atoms with Crippen molar-refractivity contribution in [3.05, 3.63) is 34.4 Å². The second-order valence-electron chi connectivity index (χ2n) is 4.94. The van der Waals surface area contributed by atoms with Crippen molar-refractivity contribution in [3.63, 3.8) is 0 Å². The molecule has 25 heavy (non-hydrogen) atoms. The second kappa shape index (κ2) is 14.6. The summed E-state index contributed by atoms with van der Waals surface area (Å²) < 4.78 is 21.2. The number of hydrogen-bond acceptors (Lipinski definition) is 8. The summed E-state index contributed by atoms with van der Waals surface area (Å²) in [5, 5.41) is 13.9. The van der Waals surface area contributed by atoms with Crippen molar-refractivity contribution in [1.82, 2.24) is 0 Å². The number of nitrogens with two attached hydrogens (primary N) is 1. The first-order chi connectivity index (χ1) is 12.3. The van der Waals surface area contributed by atoms with Gasteiger partial charge in [-0.2, -0.15) is 0 Å². The lowest BCUT2D eigenvalue weighted by Gasteiger charge is -2.08. The summed E-state index contributed by atoms with van der Waals surface area (Å²) in [4.78, 5) is 10.5. The molecule has 3 N–H and O–H groups in total. The molecule has 0 unspecified atom stereocenters. The van der Waals surface area contributed by atoms with Crippen molar-refractivity contribution >= 4 is 11.4 Å². The van der Waals surface area contributed by atoms with Gasteiger partial charge in [0.2, 0.25) is 0 Å². The average Bonchev–Trinajstić information content (AvgIpc) is 2.62. The van der Waals surface area contributed by atoms with Crippen LogP contribution in [0, 0.1) is 10.1 Å². The van der Waals surface area contributed by atoms with E-state index < -0.39 is 4.92 Å². The first kappa shape index (κ1) is 21.3. The van der Waals surface area contributed by atoms with E-state index >= 15 is 0 Å². The minimum atomic E-state index is -0.413. The summed E-state index contributed by atoms with van der Waals surface area (Å²) in [6.07, 6.45) is 0. The van der Waals surface area contributed by atoms with Crippen molar-refractivity contribution in [2.75, 3.05) is 71.3 Å². The Hall–Kier alpha value is -1.78.